The third-order valence-corrected chi connectivity index (χ3v) is 3.30. The van der Waals surface area contributed by atoms with Crippen LogP contribution in [0.1, 0.15) is 40.0 Å². The van der Waals surface area contributed by atoms with Gasteiger partial charge in [-0.2, -0.15) is 0 Å². The molecule has 1 aliphatic heterocycles. The average Bonchev–Trinajstić information content (AvgIpc) is 2.16. The van der Waals surface area contributed by atoms with Crippen molar-refractivity contribution in [2.45, 2.75) is 46.1 Å². The quantitative estimate of drug-likeness (QED) is 0.516. The van der Waals surface area contributed by atoms with E-state index in [-0.39, 0.29) is 17.5 Å². The summed E-state index contributed by atoms with van der Waals surface area (Å²) in [5.41, 5.74) is 0.499. The van der Waals surface area contributed by atoms with Crippen molar-refractivity contribution in [2.75, 3.05) is 13.2 Å². The van der Waals surface area contributed by atoms with Crippen LogP contribution >= 0.6 is 0 Å². The fraction of sp³-hybridized carbons (Fsp3) is 0.769. The first-order valence-corrected chi connectivity index (χ1v) is 5.96. The van der Waals surface area contributed by atoms with E-state index in [1.165, 1.54) is 0 Å². The maximum absolute atomic E-state index is 11.5. The first kappa shape index (κ1) is 13.2. The Bertz CT molecular complexity index is 266. The van der Waals surface area contributed by atoms with Crippen LogP contribution < -0.4 is 0 Å². The number of carbonyl (C=O) groups excluding carboxylic acids is 1. The van der Waals surface area contributed by atoms with Crippen molar-refractivity contribution in [2.24, 2.45) is 5.41 Å². The molecule has 0 radical (unpaired) electrons. The minimum Gasteiger partial charge on any atom is -0.459 e. The van der Waals surface area contributed by atoms with Gasteiger partial charge >= 0.3 is 5.97 Å². The number of hydrogen-bond acceptors (Lipinski definition) is 3. The normalized spacial score (nSPS) is 19.7. The molecule has 0 aromatic carbocycles. The smallest absolute Gasteiger partial charge is 0.333 e. The van der Waals surface area contributed by atoms with E-state index in [0.29, 0.717) is 18.8 Å². The molecule has 1 saturated heterocycles. The summed E-state index contributed by atoms with van der Waals surface area (Å²) >= 11 is 0. The van der Waals surface area contributed by atoms with Gasteiger partial charge in [-0.05, 0) is 20.3 Å². The van der Waals surface area contributed by atoms with E-state index in [9.17, 15) is 4.79 Å². The summed E-state index contributed by atoms with van der Waals surface area (Å²) in [6.45, 7) is 10.8. The summed E-state index contributed by atoms with van der Waals surface area (Å²) < 4.78 is 10.7. The third kappa shape index (κ3) is 2.85. The van der Waals surface area contributed by atoms with Gasteiger partial charge in [0, 0.05) is 5.57 Å². The van der Waals surface area contributed by atoms with Gasteiger partial charge in [0.1, 0.15) is 6.10 Å². The maximum atomic E-state index is 11.5. The lowest BCUT2D eigenvalue weighted by molar-refractivity contribution is -0.191. The van der Waals surface area contributed by atoms with Gasteiger partial charge < -0.3 is 9.47 Å². The summed E-state index contributed by atoms with van der Waals surface area (Å²) in [6.07, 6.45) is 3.28. The van der Waals surface area contributed by atoms with Crippen LogP contribution in [0.2, 0.25) is 0 Å². The Hall–Kier alpha value is -0.830. The summed E-state index contributed by atoms with van der Waals surface area (Å²) in [4.78, 5) is 11.5. The van der Waals surface area contributed by atoms with Crippen LogP contribution in [0.15, 0.2) is 12.2 Å². The minimum atomic E-state index is -0.296. The number of ether oxygens (including phenoxy) is 2. The highest BCUT2D eigenvalue weighted by molar-refractivity contribution is 5.87. The van der Waals surface area contributed by atoms with Crippen molar-refractivity contribution in [3.63, 3.8) is 0 Å². The highest BCUT2D eigenvalue weighted by Crippen LogP contribution is 2.38. The molecule has 0 bridgehead atoms. The molecule has 0 aromatic heterocycles. The number of hydrogen-bond donors (Lipinski definition) is 0. The lowest BCUT2D eigenvalue weighted by atomic mass is 9.76. The van der Waals surface area contributed by atoms with Crippen molar-refractivity contribution >= 4 is 5.97 Å². The predicted molar refractivity (Wildman–Crippen MR) is 63.1 cm³/mol. The second kappa shape index (κ2) is 5.48. The SMILES string of the molecule is C=C(C)C(=O)OC(C)C1(CCCC)COC1. The van der Waals surface area contributed by atoms with Gasteiger partial charge in [-0.15, -0.1) is 0 Å². The van der Waals surface area contributed by atoms with Gasteiger partial charge in [0.25, 0.3) is 0 Å². The first-order chi connectivity index (χ1) is 7.52. The Morgan fingerprint density at radius 1 is 1.56 bits per heavy atom. The van der Waals surface area contributed by atoms with E-state index in [1.54, 1.807) is 6.92 Å². The molecule has 0 saturated carbocycles. The van der Waals surface area contributed by atoms with Gasteiger partial charge in [0.05, 0.1) is 18.6 Å². The van der Waals surface area contributed by atoms with Crippen LogP contribution in [-0.4, -0.2) is 25.3 Å². The Labute approximate surface area is 97.8 Å². The molecule has 0 N–H and O–H groups in total. The third-order valence-electron chi connectivity index (χ3n) is 3.30. The zero-order valence-electron chi connectivity index (χ0n) is 10.5. The monoisotopic (exact) mass is 226 g/mol. The standard InChI is InChI=1S/C13H22O3/c1-5-6-7-13(8-15-9-13)11(4)16-12(14)10(2)3/h11H,2,5-9H2,1,3-4H3. The van der Waals surface area contributed by atoms with E-state index < -0.39 is 0 Å². The molecular formula is C13H22O3. The second-order valence-corrected chi connectivity index (χ2v) is 4.79. The molecule has 1 atom stereocenters. The fourth-order valence-electron chi connectivity index (χ4n) is 1.86. The summed E-state index contributed by atoms with van der Waals surface area (Å²) in [7, 11) is 0. The van der Waals surface area contributed by atoms with Crippen molar-refractivity contribution in [3.8, 4) is 0 Å². The van der Waals surface area contributed by atoms with Gasteiger partial charge in [-0.3, -0.25) is 0 Å². The number of esters is 1. The van der Waals surface area contributed by atoms with Gasteiger partial charge in [0.2, 0.25) is 0 Å². The van der Waals surface area contributed by atoms with E-state index in [2.05, 4.69) is 13.5 Å². The topological polar surface area (TPSA) is 35.5 Å². The predicted octanol–water partition coefficient (Wildman–Crippen LogP) is 2.70. The lowest BCUT2D eigenvalue weighted by Crippen LogP contribution is -2.51. The summed E-state index contributed by atoms with van der Waals surface area (Å²) in [5, 5.41) is 0. The molecular weight excluding hydrogens is 204 g/mol. The van der Waals surface area contributed by atoms with Crippen molar-refractivity contribution in [3.05, 3.63) is 12.2 Å². The minimum absolute atomic E-state index is 0.0428. The van der Waals surface area contributed by atoms with E-state index in [0.717, 1.165) is 19.3 Å². The zero-order chi connectivity index (χ0) is 12.2. The average molecular weight is 226 g/mol. The molecule has 3 nitrogen and oxygen atoms in total. The van der Waals surface area contributed by atoms with Gasteiger partial charge in [0.15, 0.2) is 0 Å². The van der Waals surface area contributed by atoms with Crippen molar-refractivity contribution < 1.29 is 14.3 Å². The molecule has 1 fully saturated rings. The molecule has 0 aliphatic carbocycles. The van der Waals surface area contributed by atoms with Gasteiger partial charge in [-0.25, -0.2) is 4.79 Å². The Morgan fingerprint density at radius 2 is 2.19 bits per heavy atom. The molecule has 1 rings (SSSR count). The molecule has 0 aromatic rings. The van der Waals surface area contributed by atoms with Crippen LogP contribution in [0.4, 0.5) is 0 Å². The summed E-state index contributed by atoms with van der Waals surface area (Å²) in [5.74, 6) is -0.296. The number of rotatable bonds is 6. The van der Waals surface area contributed by atoms with Crippen LogP contribution in [0.25, 0.3) is 0 Å². The van der Waals surface area contributed by atoms with Crippen LogP contribution in [0.3, 0.4) is 0 Å². The van der Waals surface area contributed by atoms with E-state index in [1.807, 2.05) is 6.92 Å². The Balaban J connectivity index is 2.52. The fourth-order valence-corrected chi connectivity index (χ4v) is 1.86. The van der Waals surface area contributed by atoms with Crippen LogP contribution in [0, 0.1) is 5.41 Å². The van der Waals surface area contributed by atoms with Crippen molar-refractivity contribution in [1.29, 1.82) is 0 Å². The molecule has 16 heavy (non-hydrogen) atoms. The van der Waals surface area contributed by atoms with Gasteiger partial charge in [-0.1, -0.05) is 26.3 Å². The first-order valence-electron chi connectivity index (χ1n) is 5.96. The molecule has 1 aliphatic rings. The molecule has 0 amide bonds. The summed E-state index contributed by atoms with van der Waals surface area (Å²) in [6, 6.07) is 0. The number of unbranched alkanes of at least 4 members (excludes halogenated alkanes) is 1. The molecule has 1 unspecified atom stereocenters. The lowest BCUT2D eigenvalue weighted by Gasteiger charge is -2.45. The van der Waals surface area contributed by atoms with Crippen molar-refractivity contribution in [1.82, 2.24) is 0 Å². The molecule has 0 spiro atoms. The number of carbonyl (C=O) groups is 1. The molecule has 92 valence electrons. The van der Waals surface area contributed by atoms with Crippen LogP contribution in [0.5, 0.6) is 0 Å². The maximum Gasteiger partial charge on any atom is 0.333 e. The highest BCUT2D eigenvalue weighted by Gasteiger charge is 2.45. The van der Waals surface area contributed by atoms with Crippen LogP contribution in [-0.2, 0) is 14.3 Å². The largest absolute Gasteiger partial charge is 0.459 e. The molecule has 1 heterocycles. The van der Waals surface area contributed by atoms with E-state index >= 15 is 0 Å². The Kier molecular flexibility index (Phi) is 4.54. The van der Waals surface area contributed by atoms with E-state index in [4.69, 9.17) is 9.47 Å². The molecule has 3 heteroatoms. The Morgan fingerprint density at radius 3 is 2.56 bits per heavy atom. The second-order valence-electron chi connectivity index (χ2n) is 4.79. The highest BCUT2D eigenvalue weighted by atomic mass is 16.6. The zero-order valence-corrected chi connectivity index (χ0v) is 10.5.